The van der Waals surface area contributed by atoms with Crippen LogP contribution in [-0.4, -0.2) is 41.1 Å². The lowest BCUT2D eigenvalue weighted by Gasteiger charge is -2.47. The molecule has 1 saturated carbocycles. The number of nitrogens with one attached hydrogen (secondary N) is 1. The molecule has 4 nitrogen and oxygen atoms in total. The molecule has 1 aromatic rings. The molecule has 108 valence electrons. The number of carbonyl (C=O) groups is 1. The van der Waals surface area contributed by atoms with Crippen LogP contribution in [0.1, 0.15) is 19.3 Å². The SMILES string of the molecule is O=C(CCN1CC(O)(C2CC2)C1)Nc1cccc(Cl)c1. The molecule has 0 aromatic heterocycles. The highest BCUT2D eigenvalue weighted by Gasteiger charge is 2.51. The van der Waals surface area contributed by atoms with E-state index in [1.54, 1.807) is 12.1 Å². The Hall–Kier alpha value is -1.10. The maximum absolute atomic E-state index is 11.8. The number of nitrogens with zero attached hydrogens (tertiary/aromatic N) is 1. The molecule has 5 heteroatoms. The normalized spacial score (nSPS) is 21.3. The van der Waals surface area contributed by atoms with Gasteiger partial charge in [-0.1, -0.05) is 17.7 Å². The van der Waals surface area contributed by atoms with Crippen LogP contribution in [0.4, 0.5) is 5.69 Å². The summed E-state index contributed by atoms with van der Waals surface area (Å²) in [6.07, 6.45) is 2.74. The maximum atomic E-state index is 11.8. The number of rotatable bonds is 5. The van der Waals surface area contributed by atoms with Crippen molar-refractivity contribution in [1.29, 1.82) is 0 Å². The van der Waals surface area contributed by atoms with Gasteiger partial charge >= 0.3 is 0 Å². The lowest BCUT2D eigenvalue weighted by molar-refractivity contribution is -0.124. The van der Waals surface area contributed by atoms with Crippen molar-refractivity contribution in [2.75, 3.05) is 25.0 Å². The molecule has 1 aromatic carbocycles. The summed E-state index contributed by atoms with van der Waals surface area (Å²) in [6, 6.07) is 7.13. The van der Waals surface area contributed by atoms with Crippen molar-refractivity contribution in [3.8, 4) is 0 Å². The molecule has 0 unspecified atom stereocenters. The number of carbonyl (C=O) groups excluding carboxylic acids is 1. The number of amides is 1. The summed E-state index contributed by atoms with van der Waals surface area (Å²) in [7, 11) is 0. The van der Waals surface area contributed by atoms with Crippen molar-refractivity contribution in [3.63, 3.8) is 0 Å². The van der Waals surface area contributed by atoms with E-state index in [0.29, 0.717) is 37.0 Å². The molecule has 0 radical (unpaired) electrons. The van der Waals surface area contributed by atoms with Gasteiger partial charge in [-0.15, -0.1) is 0 Å². The summed E-state index contributed by atoms with van der Waals surface area (Å²) in [5.41, 5.74) is 0.254. The number of benzene rings is 1. The Labute approximate surface area is 123 Å². The highest BCUT2D eigenvalue weighted by molar-refractivity contribution is 6.30. The van der Waals surface area contributed by atoms with Crippen LogP contribution in [0.3, 0.4) is 0 Å². The molecule has 0 bridgehead atoms. The predicted molar refractivity (Wildman–Crippen MR) is 78.8 cm³/mol. The molecule has 1 amide bonds. The van der Waals surface area contributed by atoms with Crippen molar-refractivity contribution in [2.45, 2.75) is 24.9 Å². The molecule has 1 aliphatic heterocycles. The molecular weight excluding hydrogens is 276 g/mol. The minimum Gasteiger partial charge on any atom is -0.387 e. The monoisotopic (exact) mass is 294 g/mol. The molecule has 3 rings (SSSR count). The second kappa shape index (κ2) is 5.35. The van der Waals surface area contributed by atoms with Crippen LogP contribution in [0.2, 0.25) is 5.02 Å². The summed E-state index contributed by atoms with van der Waals surface area (Å²) >= 11 is 5.87. The summed E-state index contributed by atoms with van der Waals surface area (Å²) in [6.45, 7) is 2.12. The van der Waals surface area contributed by atoms with Gasteiger partial charge in [0.1, 0.15) is 0 Å². The van der Waals surface area contributed by atoms with Crippen LogP contribution >= 0.6 is 11.6 Å². The third-order valence-corrected chi connectivity index (χ3v) is 4.33. The Bertz CT molecular complexity index is 510. The molecule has 0 spiro atoms. The van der Waals surface area contributed by atoms with E-state index in [9.17, 15) is 9.90 Å². The zero-order chi connectivity index (χ0) is 14.2. The summed E-state index contributed by atoms with van der Waals surface area (Å²) in [5, 5.41) is 13.6. The number of hydrogen-bond acceptors (Lipinski definition) is 3. The fourth-order valence-corrected chi connectivity index (χ4v) is 3.00. The van der Waals surface area contributed by atoms with Gasteiger partial charge in [-0.2, -0.15) is 0 Å². The highest BCUT2D eigenvalue weighted by Crippen LogP contribution is 2.44. The molecular formula is C15H19ClN2O2. The summed E-state index contributed by atoms with van der Waals surface area (Å²) in [4.78, 5) is 14.0. The lowest BCUT2D eigenvalue weighted by atomic mass is 9.88. The minimum atomic E-state index is -0.469. The van der Waals surface area contributed by atoms with Crippen LogP contribution in [0.5, 0.6) is 0 Å². The van der Waals surface area contributed by atoms with E-state index in [1.807, 2.05) is 12.1 Å². The van der Waals surface area contributed by atoms with Crippen molar-refractivity contribution in [3.05, 3.63) is 29.3 Å². The van der Waals surface area contributed by atoms with E-state index in [-0.39, 0.29) is 5.91 Å². The van der Waals surface area contributed by atoms with Gasteiger partial charge in [-0.3, -0.25) is 9.69 Å². The van der Waals surface area contributed by atoms with Gasteiger partial charge in [-0.25, -0.2) is 0 Å². The van der Waals surface area contributed by atoms with Crippen molar-refractivity contribution >= 4 is 23.2 Å². The van der Waals surface area contributed by atoms with E-state index in [1.165, 1.54) is 0 Å². The maximum Gasteiger partial charge on any atom is 0.225 e. The summed E-state index contributed by atoms with van der Waals surface area (Å²) in [5.74, 6) is 0.480. The Morgan fingerprint density at radius 2 is 2.20 bits per heavy atom. The van der Waals surface area contributed by atoms with Gasteiger partial charge in [0.25, 0.3) is 0 Å². The molecule has 0 atom stereocenters. The number of β-amino-alcohol motifs (C(OH)–C–C–N with tert-alkyl or cyclic N) is 1. The zero-order valence-corrected chi connectivity index (χ0v) is 12.1. The first kappa shape index (κ1) is 13.9. The standard InChI is InChI=1S/C15H19ClN2O2/c16-12-2-1-3-13(8-12)17-14(19)6-7-18-9-15(20,10-18)11-4-5-11/h1-3,8,11,20H,4-7,9-10H2,(H,17,19). The largest absolute Gasteiger partial charge is 0.387 e. The van der Waals surface area contributed by atoms with E-state index < -0.39 is 5.60 Å². The first-order valence-corrected chi connectivity index (χ1v) is 7.43. The van der Waals surface area contributed by atoms with Gasteiger partial charge in [0, 0.05) is 36.8 Å². The molecule has 1 saturated heterocycles. The first-order chi connectivity index (χ1) is 9.55. The molecule has 1 heterocycles. The Morgan fingerprint density at radius 3 is 2.85 bits per heavy atom. The topological polar surface area (TPSA) is 52.6 Å². The third kappa shape index (κ3) is 3.14. The number of halogens is 1. The van der Waals surface area contributed by atoms with Crippen LogP contribution in [-0.2, 0) is 4.79 Å². The second-order valence-corrected chi connectivity index (χ2v) is 6.33. The molecule has 2 N–H and O–H groups in total. The molecule has 1 aliphatic carbocycles. The Balaban J connectivity index is 1.40. The number of anilines is 1. The fourth-order valence-electron chi connectivity index (χ4n) is 2.81. The van der Waals surface area contributed by atoms with Crippen LogP contribution in [0, 0.1) is 5.92 Å². The van der Waals surface area contributed by atoms with Crippen molar-refractivity contribution < 1.29 is 9.90 Å². The Kier molecular flexibility index (Phi) is 3.71. The van der Waals surface area contributed by atoms with Gasteiger partial charge in [0.15, 0.2) is 0 Å². The van der Waals surface area contributed by atoms with Crippen LogP contribution in [0.15, 0.2) is 24.3 Å². The highest BCUT2D eigenvalue weighted by atomic mass is 35.5. The van der Waals surface area contributed by atoms with E-state index in [0.717, 1.165) is 18.5 Å². The molecule has 2 aliphatic rings. The molecule has 2 fully saturated rings. The quantitative estimate of drug-likeness (QED) is 0.875. The predicted octanol–water partition coefficient (Wildman–Crippen LogP) is 2.13. The molecule has 20 heavy (non-hydrogen) atoms. The fraction of sp³-hybridized carbons (Fsp3) is 0.533. The minimum absolute atomic E-state index is 0.0193. The average molecular weight is 295 g/mol. The Morgan fingerprint density at radius 1 is 1.45 bits per heavy atom. The first-order valence-electron chi connectivity index (χ1n) is 7.05. The van der Waals surface area contributed by atoms with Gasteiger partial charge in [0.2, 0.25) is 5.91 Å². The van der Waals surface area contributed by atoms with Crippen molar-refractivity contribution in [2.24, 2.45) is 5.92 Å². The smallest absolute Gasteiger partial charge is 0.225 e. The average Bonchev–Trinajstić information content (AvgIpc) is 3.17. The zero-order valence-electron chi connectivity index (χ0n) is 11.3. The third-order valence-electron chi connectivity index (χ3n) is 4.10. The number of aliphatic hydroxyl groups is 1. The lowest BCUT2D eigenvalue weighted by Crippen LogP contribution is -2.63. The second-order valence-electron chi connectivity index (χ2n) is 5.90. The number of hydrogen-bond donors (Lipinski definition) is 2. The van der Waals surface area contributed by atoms with Gasteiger partial charge < -0.3 is 10.4 Å². The van der Waals surface area contributed by atoms with Gasteiger partial charge in [-0.05, 0) is 37.0 Å². The summed E-state index contributed by atoms with van der Waals surface area (Å²) < 4.78 is 0. The van der Waals surface area contributed by atoms with Gasteiger partial charge in [0.05, 0.1) is 5.60 Å². The van der Waals surface area contributed by atoms with E-state index in [4.69, 9.17) is 11.6 Å². The van der Waals surface area contributed by atoms with Crippen LogP contribution in [0.25, 0.3) is 0 Å². The van der Waals surface area contributed by atoms with E-state index in [2.05, 4.69) is 10.2 Å². The number of likely N-dealkylation sites (tertiary alicyclic amines) is 1. The van der Waals surface area contributed by atoms with Crippen LogP contribution < -0.4 is 5.32 Å². The van der Waals surface area contributed by atoms with Crippen molar-refractivity contribution in [1.82, 2.24) is 4.90 Å². The van der Waals surface area contributed by atoms with E-state index >= 15 is 0 Å².